The van der Waals surface area contributed by atoms with Gasteiger partial charge in [0.15, 0.2) is 0 Å². The molecule has 0 aliphatic carbocycles. The van der Waals surface area contributed by atoms with E-state index in [4.69, 9.17) is 5.26 Å². The second kappa shape index (κ2) is 6.26. The maximum Gasteiger partial charge on any atom is 0.150 e. The van der Waals surface area contributed by atoms with E-state index >= 15 is 0 Å². The molecule has 0 saturated carbocycles. The minimum Gasteiger partial charge on any atom is -0.298 e. The molecule has 0 N–H and O–H groups in total. The molecule has 1 aromatic rings. The monoisotopic (exact) mass is 219 g/mol. The van der Waals surface area contributed by atoms with Gasteiger partial charge >= 0.3 is 0 Å². The van der Waals surface area contributed by atoms with Crippen molar-refractivity contribution in [3.63, 3.8) is 0 Å². The third-order valence-electron chi connectivity index (χ3n) is 2.02. The standard InChI is InChI=1S/C12H13NOS/c1-2-3-6-15-12-5-4-10(9-14)7-11(12)8-13/h4-5,7,9H,2-3,6H2,1H3. The molecule has 0 saturated heterocycles. The van der Waals surface area contributed by atoms with Crippen LogP contribution in [0.3, 0.4) is 0 Å². The smallest absolute Gasteiger partial charge is 0.150 e. The van der Waals surface area contributed by atoms with Crippen molar-refractivity contribution in [3.05, 3.63) is 29.3 Å². The molecule has 0 spiro atoms. The first kappa shape index (κ1) is 11.8. The van der Waals surface area contributed by atoms with Crippen LogP contribution in [-0.2, 0) is 0 Å². The van der Waals surface area contributed by atoms with Crippen LogP contribution in [0, 0.1) is 11.3 Å². The molecule has 0 atom stereocenters. The summed E-state index contributed by atoms with van der Waals surface area (Å²) in [5.74, 6) is 1.02. The summed E-state index contributed by atoms with van der Waals surface area (Å²) in [6.45, 7) is 2.14. The average molecular weight is 219 g/mol. The zero-order valence-electron chi connectivity index (χ0n) is 8.69. The van der Waals surface area contributed by atoms with Crippen LogP contribution in [0.2, 0.25) is 0 Å². The summed E-state index contributed by atoms with van der Waals surface area (Å²) in [7, 11) is 0. The molecule has 0 unspecified atom stereocenters. The number of benzene rings is 1. The molecule has 0 aliphatic rings. The predicted octanol–water partition coefficient (Wildman–Crippen LogP) is 3.26. The number of nitriles is 1. The number of unbranched alkanes of at least 4 members (excludes halogenated alkanes) is 1. The first-order valence-corrected chi connectivity index (χ1v) is 5.92. The topological polar surface area (TPSA) is 40.9 Å². The van der Waals surface area contributed by atoms with Crippen LogP contribution >= 0.6 is 11.8 Å². The number of aldehydes is 1. The van der Waals surface area contributed by atoms with E-state index in [-0.39, 0.29) is 0 Å². The first-order chi connectivity index (χ1) is 7.31. The number of hydrogen-bond acceptors (Lipinski definition) is 3. The van der Waals surface area contributed by atoms with E-state index < -0.39 is 0 Å². The van der Waals surface area contributed by atoms with Gasteiger partial charge in [0.25, 0.3) is 0 Å². The van der Waals surface area contributed by atoms with Gasteiger partial charge in [-0.2, -0.15) is 5.26 Å². The normalized spacial score (nSPS) is 9.60. The average Bonchev–Trinajstić information content (AvgIpc) is 2.29. The van der Waals surface area contributed by atoms with E-state index in [2.05, 4.69) is 13.0 Å². The highest BCUT2D eigenvalue weighted by Crippen LogP contribution is 2.23. The lowest BCUT2D eigenvalue weighted by atomic mass is 10.1. The lowest BCUT2D eigenvalue weighted by Gasteiger charge is -2.03. The minimum atomic E-state index is 0.561. The summed E-state index contributed by atoms with van der Waals surface area (Å²) in [6, 6.07) is 7.36. The van der Waals surface area contributed by atoms with Crippen LogP contribution in [0.4, 0.5) is 0 Å². The van der Waals surface area contributed by atoms with Crippen LogP contribution in [-0.4, -0.2) is 12.0 Å². The van der Waals surface area contributed by atoms with Crippen LogP contribution in [0.1, 0.15) is 35.7 Å². The fourth-order valence-electron chi connectivity index (χ4n) is 1.16. The Labute approximate surface area is 94.3 Å². The van der Waals surface area contributed by atoms with E-state index in [9.17, 15) is 4.79 Å². The zero-order valence-corrected chi connectivity index (χ0v) is 9.51. The Balaban J connectivity index is 2.79. The molecule has 1 aromatic carbocycles. The second-order valence-electron chi connectivity index (χ2n) is 3.19. The van der Waals surface area contributed by atoms with Crippen LogP contribution < -0.4 is 0 Å². The Hall–Kier alpha value is -1.27. The number of rotatable bonds is 5. The fraction of sp³-hybridized carbons (Fsp3) is 0.333. The van der Waals surface area contributed by atoms with Gasteiger partial charge in [0, 0.05) is 10.5 Å². The minimum absolute atomic E-state index is 0.561. The largest absolute Gasteiger partial charge is 0.298 e. The SMILES string of the molecule is CCCCSc1ccc(C=O)cc1C#N. The molecule has 78 valence electrons. The van der Waals surface area contributed by atoms with Gasteiger partial charge in [0.1, 0.15) is 12.4 Å². The van der Waals surface area contributed by atoms with Crippen molar-refractivity contribution < 1.29 is 4.79 Å². The van der Waals surface area contributed by atoms with Crippen molar-refractivity contribution in [3.8, 4) is 6.07 Å². The molecule has 3 heteroatoms. The van der Waals surface area contributed by atoms with Gasteiger partial charge in [0.05, 0.1) is 5.56 Å². The van der Waals surface area contributed by atoms with Crippen LogP contribution in [0.15, 0.2) is 23.1 Å². The molecular formula is C12H13NOS. The van der Waals surface area contributed by atoms with E-state index in [1.807, 2.05) is 6.07 Å². The highest BCUT2D eigenvalue weighted by atomic mass is 32.2. The van der Waals surface area contributed by atoms with Gasteiger partial charge in [-0.1, -0.05) is 19.4 Å². The van der Waals surface area contributed by atoms with Crippen molar-refractivity contribution in [1.29, 1.82) is 5.26 Å². The van der Waals surface area contributed by atoms with Crippen molar-refractivity contribution in [2.45, 2.75) is 24.7 Å². The van der Waals surface area contributed by atoms with Gasteiger partial charge in [0.2, 0.25) is 0 Å². The number of carbonyl (C=O) groups excluding carboxylic acids is 1. The molecule has 2 nitrogen and oxygen atoms in total. The molecule has 15 heavy (non-hydrogen) atoms. The predicted molar refractivity (Wildman–Crippen MR) is 62.2 cm³/mol. The second-order valence-corrected chi connectivity index (χ2v) is 4.32. The Morgan fingerprint density at radius 3 is 2.93 bits per heavy atom. The fourth-order valence-corrected chi connectivity index (χ4v) is 2.24. The van der Waals surface area contributed by atoms with Crippen molar-refractivity contribution in [1.82, 2.24) is 0 Å². The van der Waals surface area contributed by atoms with Gasteiger partial charge < -0.3 is 0 Å². The number of carbonyl (C=O) groups is 1. The van der Waals surface area contributed by atoms with E-state index in [0.29, 0.717) is 11.1 Å². The molecule has 0 aliphatic heterocycles. The van der Waals surface area contributed by atoms with Gasteiger partial charge in [-0.15, -0.1) is 11.8 Å². The highest BCUT2D eigenvalue weighted by molar-refractivity contribution is 7.99. The molecule has 0 heterocycles. The zero-order chi connectivity index (χ0) is 11.1. The van der Waals surface area contributed by atoms with Crippen molar-refractivity contribution in [2.75, 3.05) is 5.75 Å². The van der Waals surface area contributed by atoms with E-state index in [0.717, 1.165) is 29.8 Å². The Morgan fingerprint density at radius 1 is 1.53 bits per heavy atom. The van der Waals surface area contributed by atoms with Crippen molar-refractivity contribution in [2.24, 2.45) is 0 Å². The van der Waals surface area contributed by atoms with E-state index in [1.54, 1.807) is 23.9 Å². The maximum absolute atomic E-state index is 10.5. The summed E-state index contributed by atoms with van der Waals surface area (Å²) < 4.78 is 0. The number of nitrogens with zero attached hydrogens (tertiary/aromatic N) is 1. The van der Waals surface area contributed by atoms with Gasteiger partial charge in [-0.05, 0) is 24.3 Å². The van der Waals surface area contributed by atoms with Crippen LogP contribution in [0.25, 0.3) is 0 Å². The lowest BCUT2D eigenvalue weighted by Crippen LogP contribution is -1.87. The molecule has 0 bridgehead atoms. The lowest BCUT2D eigenvalue weighted by molar-refractivity contribution is 0.112. The summed E-state index contributed by atoms with van der Waals surface area (Å²) >= 11 is 1.68. The first-order valence-electron chi connectivity index (χ1n) is 4.94. The molecule has 0 aromatic heterocycles. The summed E-state index contributed by atoms with van der Waals surface area (Å²) in [6.07, 6.45) is 3.06. The van der Waals surface area contributed by atoms with E-state index in [1.165, 1.54) is 0 Å². The Morgan fingerprint density at radius 2 is 2.33 bits per heavy atom. The van der Waals surface area contributed by atoms with Gasteiger partial charge in [-0.25, -0.2) is 0 Å². The highest BCUT2D eigenvalue weighted by Gasteiger charge is 2.03. The molecule has 0 radical (unpaired) electrons. The third-order valence-corrected chi connectivity index (χ3v) is 3.18. The third kappa shape index (κ3) is 3.41. The van der Waals surface area contributed by atoms with Crippen molar-refractivity contribution >= 4 is 18.0 Å². The summed E-state index contributed by atoms with van der Waals surface area (Å²) in [4.78, 5) is 11.5. The number of thioether (sulfide) groups is 1. The molecule has 0 amide bonds. The van der Waals surface area contributed by atoms with Crippen LogP contribution in [0.5, 0.6) is 0 Å². The maximum atomic E-state index is 10.5. The molecular weight excluding hydrogens is 206 g/mol. The molecule has 0 fully saturated rings. The number of hydrogen-bond donors (Lipinski definition) is 0. The van der Waals surface area contributed by atoms with Gasteiger partial charge in [-0.3, -0.25) is 4.79 Å². The summed E-state index contributed by atoms with van der Waals surface area (Å²) in [5, 5.41) is 8.92. The Kier molecular flexibility index (Phi) is 4.92. The Bertz CT molecular complexity index is 382. The summed E-state index contributed by atoms with van der Waals surface area (Å²) in [5.41, 5.74) is 1.16. The quantitative estimate of drug-likeness (QED) is 0.433. The molecule has 1 rings (SSSR count).